The van der Waals surface area contributed by atoms with E-state index in [2.05, 4.69) is 10.3 Å². The Morgan fingerprint density at radius 3 is 2.70 bits per heavy atom. The molecular formula is C22H26N4O4. The highest BCUT2D eigenvalue weighted by atomic mass is 16.2. The van der Waals surface area contributed by atoms with Crippen LogP contribution in [-0.4, -0.2) is 57.7 Å². The maximum Gasteiger partial charge on any atom is 0.334 e. The first-order valence-corrected chi connectivity index (χ1v) is 10.5. The number of para-hydroxylation sites is 1. The van der Waals surface area contributed by atoms with Crippen molar-refractivity contribution in [3.8, 4) is 0 Å². The summed E-state index contributed by atoms with van der Waals surface area (Å²) >= 11 is 0. The summed E-state index contributed by atoms with van der Waals surface area (Å²) in [6.45, 7) is 1.93. The highest BCUT2D eigenvalue weighted by molar-refractivity contribution is 6.45. The van der Waals surface area contributed by atoms with Crippen LogP contribution in [0.2, 0.25) is 0 Å². The molecule has 1 saturated carbocycles. The summed E-state index contributed by atoms with van der Waals surface area (Å²) in [5, 5.41) is 3.84. The van der Waals surface area contributed by atoms with Crippen molar-refractivity contribution in [1.82, 2.24) is 20.1 Å². The Morgan fingerprint density at radius 1 is 1.13 bits per heavy atom. The van der Waals surface area contributed by atoms with Crippen molar-refractivity contribution in [2.45, 2.75) is 45.1 Å². The second kappa shape index (κ2) is 8.30. The minimum absolute atomic E-state index is 0.157. The number of imide groups is 2. The molecule has 1 aliphatic carbocycles. The van der Waals surface area contributed by atoms with Gasteiger partial charge in [-0.15, -0.1) is 0 Å². The zero-order valence-electron chi connectivity index (χ0n) is 17.0. The van der Waals surface area contributed by atoms with E-state index < -0.39 is 30.3 Å². The van der Waals surface area contributed by atoms with E-state index in [1.54, 1.807) is 0 Å². The summed E-state index contributed by atoms with van der Waals surface area (Å²) < 4.78 is 0. The molecule has 2 fully saturated rings. The third-order valence-corrected chi connectivity index (χ3v) is 6.17. The molecule has 2 heterocycles. The van der Waals surface area contributed by atoms with Crippen LogP contribution in [0.3, 0.4) is 0 Å². The van der Waals surface area contributed by atoms with E-state index in [-0.39, 0.29) is 12.0 Å². The Labute approximate surface area is 174 Å². The number of fused-ring (bicyclic) bond motifs is 1. The number of rotatable bonds is 6. The van der Waals surface area contributed by atoms with Crippen molar-refractivity contribution in [2.24, 2.45) is 5.92 Å². The van der Waals surface area contributed by atoms with Crippen molar-refractivity contribution in [1.29, 1.82) is 0 Å². The number of aromatic nitrogens is 1. The van der Waals surface area contributed by atoms with Crippen LogP contribution in [0, 0.1) is 5.92 Å². The van der Waals surface area contributed by atoms with Crippen LogP contribution >= 0.6 is 0 Å². The van der Waals surface area contributed by atoms with Gasteiger partial charge in [0.15, 0.2) is 0 Å². The molecule has 1 saturated heterocycles. The van der Waals surface area contributed by atoms with Crippen LogP contribution in [0.5, 0.6) is 0 Å². The highest BCUT2D eigenvalue weighted by Crippen LogP contribution is 2.31. The maximum absolute atomic E-state index is 12.7. The van der Waals surface area contributed by atoms with Gasteiger partial charge in [0, 0.05) is 29.7 Å². The predicted molar refractivity (Wildman–Crippen MR) is 110 cm³/mol. The summed E-state index contributed by atoms with van der Waals surface area (Å²) in [5.41, 5.74) is 2.11. The quantitative estimate of drug-likeness (QED) is 0.563. The zero-order chi connectivity index (χ0) is 21.3. The Hall–Kier alpha value is -3.16. The van der Waals surface area contributed by atoms with Crippen LogP contribution in [0.4, 0.5) is 4.79 Å². The number of nitrogens with zero attached hydrogens (tertiary/aromatic N) is 2. The molecule has 2 N–H and O–H groups in total. The molecule has 0 radical (unpaired) electrons. The number of carbonyl (C=O) groups is 4. The fraction of sp³-hybridized carbons (Fsp3) is 0.455. The zero-order valence-corrected chi connectivity index (χ0v) is 17.0. The van der Waals surface area contributed by atoms with Crippen molar-refractivity contribution in [3.63, 3.8) is 0 Å². The van der Waals surface area contributed by atoms with E-state index in [1.807, 2.05) is 37.4 Å². The number of hydrogen-bond donors (Lipinski definition) is 2. The van der Waals surface area contributed by atoms with Gasteiger partial charge in [0.2, 0.25) is 5.91 Å². The normalized spacial score (nSPS) is 22.2. The molecule has 1 aliphatic heterocycles. The molecule has 8 nitrogen and oxygen atoms in total. The SMILES string of the molecule is C[C@H]1CCCC[C@@H]1N1C(=O)C(=O)N(CC(=O)NCCc2c[nH]c3ccccc23)C1=O. The lowest BCUT2D eigenvalue weighted by Crippen LogP contribution is -2.47. The smallest absolute Gasteiger partial charge is 0.334 e. The molecule has 2 aliphatic rings. The van der Waals surface area contributed by atoms with Crippen LogP contribution in [0.1, 0.15) is 38.2 Å². The lowest BCUT2D eigenvalue weighted by molar-refractivity contribution is -0.145. The molecule has 4 rings (SSSR count). The first kappa shape index (κ1) is 20.1. The third-order valence-electron chi connectivity index (χ3n) is 6.17. The monoisotopic (exact) mass is 410 g/mol. The van der Waals surface area contributed by atoms with Gasteiger partial charge in [-0.1, -0.05) is 38.0 Å². The first-order chi connectivity index (χ1) is 14.5. The van der Waals surface area contributed by atoms with Crippen LogP contribution < -0.4 is 5.32 Å². The minimum atomic E-state index is -0.912. The number of hydrogen-bond acceptors (Lipinski definition) is 4. The molecule has 2 atom stereocenters. The average molecular weight is 410 g/mol. The lowest BCUT2D eigenvalue weighted by atomic mass is 9.85. The molecule has 158 valence electrons. The molecule has 30 heavy (non-hydrogen) atoms. The Balaban J connectivity index is 1.34. The van der Waals surface area contributed by atoms with Gasteiger partial charge < -0.3 is 10.3 Å². The minimum Gasteiger partial charge on any atom is -0.361 e. The summed E-state index contributed by atoms with van der Waals surface area (Å²) in [6.07, 6.45) is 6.13. The van der Waals surface area contributed by atoms with E-state index in [4.69, 9.17) is 0 Å². The van der Waals surface area contributed by atoms with Crippen molar-refractivity contribution in [3.05, 3.63) is 36.0 Å². The number of aromatic amines is 1. The van der Waals surface area contributed by atoms with Gasteiger partial charge in [-0.25, -0.2) is 9.69 Å². The molecule has 0 unspecified atom stereocenters. The second-order valence-electron chi connectivity index (χ2n) is 8.14. The Kier molecular flexibility index (Phi) is 5.57. The lowest BCUT2D eigenvalue weighted by Gasteiger charge is -2.34. The summed E-state index contributed by atoms with van der Waals surface area (Å²) in [6, 6.07) is 6.97. The van der Waals surface area contributed by atoms with E-state index in [9.17, 15) is 19.2 Å². The van der Waals surface area contributed by atoms with Gasteiger partial charge in [0.25, 0.3) is 0 Å². The fourth-order valence-corrected chi connectivity index (χ4v) is 4.51. The number of nitrogens with one attached hydrogen (secondary N) is 2. The van der Waals surface area contributed by atoms with Crippen molar-refractivity contribution in [2.75, 3.05) is 13.1 Å². The number of carbonyl (C=O) groups excluding carboxylic acids is 4. The molecule has 0 bridgehead atoms. The summed E-state index contributed by atoms with van der Waals surface area (Å²) in [7, 11) is 0. The first-order valence-electron chi connectivity index (χ1n) is 10.5. The van der Waals surface area contributed by atoms with Gasteiger partial charge in [0.1, 0.15) is 6.54 Å². The average Bonchev–Trinajstić information content (AvgIpc) is 3.24. The van der Waals surface area contributed by atoms with Crippen molar-refractivity contribution >= 4 is 34.7 Å². The Morgan fingerprint density at radius 2 is 1.90 bits per heavy atom. The Bertz CT molecular complexity index is 998. The van der Waals surface area contributed by atoms with Gasteiger partial charge in [-0.3, -0.25) is 19.3 Å². The number of urea groups is 1. The summed E-state index contributed by atoms with van der Waals surface area (Å²) in [4.78, 5) is 54.9. The van der Waals surface area contributed by atoms with E-state index in [0.29, 0.717) is 19.4 Å². The van der Waals surface area contributed by atoms with E-state index in [0.717, 1.165) is 45.5 Å². The number of H-pyrrole nitrogens is 1. The molecule has 2 aromatic rings. The maximum atomic E-state index is 12.7. The predicted octanol–water partition coefficient (Wildman–Crippen LogP) is 2.20. The van der Waals surface area contributed by atoms with Gasteiger partial charge in [-0.2, -0.15) is 0 Å². The molecule has 0 spiro atoms. The molecule has 1 aromatic heterocycles. The second-order valence-corrected chi connectivity index (χ2v) is 8.14. The largest absolute Gasteiger partial charge is 0.361 e. The third kappa shape index (κ3) is 3.69. The van der Waals surface area contributed by atoms with Crippen LogP contribution in [0.15, 0.2) is 30.5 Å². The molecule has 8 heteroatoms. The van der Waals surface area contributed by atoms with E-state index in [1.165, 1.54) is 0 Å². The topological polar surface area (TPSA) is 103 Å². The highest BCUT2D eigenvalue weighted by Gasteiger charge is 2.49. The molecule has 5 amide bonds. The molecule has 1 aromatic carbocycles. The molecular weight excluding hydrogens is 384 g/mol. The fourth-order valence-electron chi connectivity index (χ4n) is 4.51. The van der Waals surface area contributed by atoms with Gasteiger partial charge in [-0.05, 0) is 36.8 Å². The van der Waals surface area contributed by atoms with Crippen molar-refractivity contribution < 1.29 is 19.2 Å². The number of benzene rings is 1. The number of amides is 5. The van der Waals surface area contributed by atoms with Crippen LogP contribution in [-0.2, 0) is 20.8 Å². The van der Waals surface area contributed by atoms with Gasteiger partial charge in [0.05, 0.1) is 0 Å². The van der Waals surface area contributed by atoms with Crippen LogP contribution in [0.25, 0.3) is 10.9 Å². The van der Waals surface area contributed by atoms with Gasteiger partial charge >= 0.3 is 17.8 Å². The van der Waals surface area contributed by atoms with E-state index >= 15 is 0 Å². The summed E-state index contributed by atoms with van der Waals surface area (Å²) in [5.74, 6) is -2.03. The standard InChI is InChI=1S/C22H26N4O4/c1-14-6-2-5-9-18(14)26-21(29)20(28)25(22(26)30)13-19(27)23-11-10-15-12-24-17-8-4-3-7-16(15)17/h3-4,7-8,12,14,18,24H,2,5-6,9-11,13H2,1H3,(H,23,27)/t14-,18-/m0/s1.